The number of carbonyl (C=O) groups is 1. The standard InChI is InChI=1S/C12H20N4O/c1-2-7-16-11(8-14-15-16)12(17)9-13-10-5-3-4-6-10/h8,10,13H,2-7,9H2,1H3. The molecule has 0 radical (unpaired) electrons. The highest BCUT2D eigenvalue weighted by Crippen LogP contribution is 2.17. The lowest BCUT2D eigenvalue weighted by atomic mass is 10.2. The van der Waals surface area contributed by atoms with Crippen LogP contribution >= 0.6 is 0 Å². The predicted molar refractivity (Wildman–Crippen MR) is 64.9 cm³/mol. The van der Waals surface area contributed by atoms with Gasteiger partial charge in [0.25, 0.3) is 0 Å². The normalized spacial score (nSPS) is 16.5. The number of ketones is 1. The summed E-state index contributed by atoms with van der Waals surface area (Å²) in [5.41, 5.74) is 0.623. The highest BCUT2D eigenvalue weighted by Gasteiger charge is 2.17. The molecule has 5 nitrogen and oxygen atoms in total. The third-order valence-corrected chi connectivity index (χ3v) is 3.25. The van der Waals surface area contributed by atoms with Crippen molar-refractivity contribution in [2.75, 3.05) is 6.54 Å². The maximum Gasteiger partial charge on any atom is 0.196 e. The maximum absolute atomic E-state index is 12.0. The van der Waals surface area contributed by atoms with Gasteiger partial charge in [-0.2, -0.15) is 0 Å². The second kappa shape index (κ2) is 5.91. The van der Waals surface area contributed by atoms with E-state index in [4.69, 9.17) is 0 Å². The Kier molecular flexibility index (Phi) is 4.25. The van der Waals surface area contributed by atoms with Gasteiger partial charge in [0.05, 0.1) is 12.7 Å². The van der Waals surface area contributed by atoms with Gasteiger partial charge in [0.15, 0.2) is 5.78 Å². The Balaban J connectivity index is 1.87. The van der Waals surface area contributed by atoms with Crippen LogP contribution in [0.1, 0.15) is 49.5 Å². The number of carbonyl (C=O) groups excluding carboxylic acids is 1. The van der Waals surface area contributed by atoms with E-state index in [1.807, 2.05) is 0 Å². The zero-order valence-electron chi connectivity index (χ0n) is 10.4. The zero-order valence-corrected chi connectivity index (χ0v) is 10.4. The predicted octanol–water partition coefficient (Wildman–Crippen LogP) is 1.40. The van der Waals surface area contributed by atoms with Crippen molar-refractivity contribution in [2.45, 2.75) is 51.6 Å². The first-order valence-electron chi connectivity index (χ1n) is 6.46. The summed E-state index contributed by atoms with van der Waals surface area (Å²) in [6.07, 6.45) is 7.47. The molecule has 17 heavy (non-hydrogen) atoms. The summed E-state index contributed by atoms with van der Waals surface area (Å²) < 4.78 is 1.69. The van der Waals surface area contributed by atoms with Crippen LogP contribution in [-0.4, -0.2) is 33.4 Å². The van der Waals surface area contributed by atoms with E-state index in [0.29, 0.717) is 18.3 Å². The number of aryl methyl sites for hydroxylation is 1. The largest absolute Gasteiger partial charge is 0.307 e. The van der Waals surface area contributed by atoms with Gasteiger partial charge < -0.3 is 5.32 Å². The van der Waals surface area contributed by atoms with Crippen molar-refractivity contribution < 1.29 is 4.79 Å². The highest BCUT2D eigenvalue weighted by atomic mass is 16.1. The van der Waals surface area contributed by atoms with Gasteiger partial charge in [0, 0.05) is 12.6 Å². The van der Waals surface area contributed by atoms with Crippen LogP contribution in [-0.2, 0) is 6.54 Å². The van der Waals surface area contributed by atoms with E-state index in [1.165, 1.54) is 25.7 Å². The first-order chi connectivity index (χ1) is 8.31. The van der Waals surface area contributed by atoms with Crippen LogP contribution < -0.4 is 5.32 Å². The van der Waals surface area contributed by atoms with Gasteiger partial charge in [0.2, 0.25) is 0 Å². The van der Waals surface area contributed by atoms with Crippen LogP contribution in [0.25, 0.3) is 0 Å². The third kappa shape index (κ3) is 3.12. The summed E-state index contributed by atoms with van der Waals surface area (Å²) in [6.45, 7) is 3.22. The van der Waals surface area contributed by atoms with Gasteiger partial charge in [-0.1, -0.05) is 25.0 Å². The zero-order chi connectivity index (χ0) is 12.1. The molecule has 0 bridgehead atoms. The summed E-state index contributed by atoms with van der Waals surface area (Å²) in [5.74, 6) is 0.0929. The summed E-state index contributed by atoms with van der Waals surface area (Å²) in [6, 6.07) is 0.523. The van der Waals surface area contributed by atoms with Crippen LogP contribution in [0.2, 0.25) is 0 Å². The minimum atomic E-state index is 0.0929. The fourth-order valence-electron chi connectivity index (χ4n) is 2.31. The Morgan fingerprint density at radius 1 is 1.53 bits per heavy atom. The number of nitrogens with one attached hydrogen (secondary N) is 1. The molecule has 0 saturated heterocycles. The molecule has 1 saturated carbocycles. The maximum atomic E-state index is 12.0. The average Bonchev–Trinajstić information content (AvgIpc) is 2.97. The Labute approximate surface area is 102 Å². The minimum Gasteiger partial charge on any atom is -0.307 e. The first kappa shape index (κ1) is 12.2. The van der Waals surface area contributed by atoms with Gasteiger partial charge in [-0.15, -0.1) is 5.10 Å². The highest BCUT2D eigenvalue weighted by molar-refractivity contribution is 5.95. The number of hydrogen-bond donors (Lipinski definition) is 1. The first-order valence-corrected chi connectivity index (χ1v) is 6.46. The van der Waals surface area contributed by atoms with E-state index in [2.05, 4.69) is 22.6 Å². The number of rotatable bonds is 6. The van der Waals surface area contributed by atoms with Crippen molar-refractivity contribution in [2.24, 2.45) is 0 Å². The fraction of sp³-hybridized carbons (Fsp3) is 0.750. The molecule has 94 valence electrons. The topological polar surface area (TPSA) is 59.8 Å². The van der Waals surface area contributed by atoms with E-state index in [9.17, 15) is 4.79 Å². The Hall–Kier alpha value is -1.23. The third-order valence-electron chi connectivity index (χ3n) is 3.25. The second-order valence-corrected chi connectivity index (χ2v) is 4.63. The van der Waals surface area contributed by atoms with Crippen LogP contribution in [0.5, 0.6) is 0 Å². The average molecular weight is 236 g/mol. The molecule has 2 rings (SSSR count). The number of aromatic nitrogens is 3. The Morgan fingerprint density at radius 2 is 2.29 bits per heavy atom. The van der Waals surface area contributed by atoms with Gasteiger partial charge in [-0.25, -0.2) is 4.68 Å². The summed E-state index contributed by atoms with van der Waals surface area (Å²) in [7, 11) is 0. The summed E-state index contributed by atoms with van der Waals surface area (Å²) in [4.78, 5) is 12.0. The minimum absolute atomic E-state index is 0.0929. The number of nitrogens with zero attached hydrogens (tertiary/aromatic N) is 3. The molecule has 0 spiro atoms. The molecule has 1 N–H and O–H groups in total. The molecular formula is C12H20N4O. The van der Waals surface area contributed by atoms with Crippen molar-refractivity contribution in [3.63, 3.8) is 0 Å². The smallest absolute Gasteiger partial charge is 0.196 e. The second-order valence-electron chi connectivity index (χ2n) is 4.63. The Bertz CT molecular complexity index is 368. The van der Waals surface area contributed by atoms with Gasteiger partial charge in [-0.05, 0) is 19.3 Å². The van der Waals surface area contributed by atoms with Crippen molar-refractivity contribution in [1.29, 1.82) is 0 Å². The van der Waals surface area contributed by atoms with Gasteiger partial charge in [-0.3, -0.25) is 4.79 Å². The van der Waals surface area contributed by atoms with Crippen molar-refractivity contribution in [1.82, 2.24) is 20.3 Å². The van der Waals surface area contributed by atoms with Gasteiger partial charge >= 0.3 is 0 Å². The molecule has 0 amide bonds. The monoisotopic (exact) mass is 236 g/mol. The number of Topliss-reactive ketones (excluding diaryl/α,β-unsaturated/α-hetero) is 1. The molecule has 1 aromatic heterocycles. The lowest BCUT2D eigenvalue weighted by molar-refractivity contribution is 0.0977. The lowest BCUT2D eigenvalue weighted by Crippen LogP contribution is -2.32. The van der Waals surface area contributed by atoms with Crippen LogP contribution in [0, 0.1) is 0 Å². The van der Waals surface area contributed by atoms with E-state index in [0.717, 1.165) is 13.0 Å². The summed E-state index contributed by atoms with van der Waals surface area (Å²) in [5, 5.41) is 11.1. The molecule has 1 aromatic rings. The molecule has 1 aliphatic rings. The lowest BCUT2D eigenvalue weighted by Gasteiger charge is -2.10. The van der Waals surface area contributed by atoms with Crippen LogP contribution in [0.4, 0.5) is 0 Å². The molecule has 1 aliphatic carbocycles. The molecule has 0 aromatic carbocycles. The van der Waals surface area contributed by atoms with Gasteiger partial charge in [0.1, 0.15) is 5.69 Å². The molecule has 5 heteroatoms. The van der Waals surface area contributed by atoms with Crippen molar-refractivity contribution in [3.05, 3.63) is 11.9 Å². The van der Waals surface area contributed by atoms with Crippen molar-refractivity contribution >= 4 is 5.78 Å². The summed E-state index contributed by atoms with van der Waals surface area (Å²) >= 11 is 0. The quantitative estimate of drug-likeness (QED) is 0.758. The van der Waals surface area contributed by atoms with E-state index in [-0.39, 0.29) is 5.78 Å². The Morgan fingerprint density at radius 3 is 3.00 bits per heavy atom. The fourth-order valence-corrected chi connectivity index (χ4v) is 2.31. The molecule has 1 fully saturated rings. The van der Waals surface area contributed by atoms with E-state index >= 15 is 0 Å². The molecule has 0 aliphatic heterocycles. The van der Waals surface area contributed by atoms with E-state index in [1.54, 1.807) is 10.9 Å². The van der Waals surface area contributed by atoms with Crippen LogP contribution in [0.15, 0.2) is 6.20 Å². The molecular weight excluding hydrogens is 216 g/mol. The molecule has 0 unspecified atom stereocenters. The van der Waals surface area contributed by atoms with E-state index < -0.39 is 0 Å². The molecule has 0 atom stereocenters. The SMILES string of the molecule is CCCn1nncc1C(=O)CNC1CCCC1. The van der Waals surface area contributed by atoms with Crippen LogP contribution in [0.3, 0.4) is 0 Å². The number of hydrogen-bond acceptors (Lipinski definition) is 4. The van der Waals surface area contributed by atoms with Crippen molar-refractivity contribution in [3.8, 4) is 0 Å². The molecule has 1 heterocycles.